The minimum atomic E-state index is 0.259. The molecule has 0 fully saturated rings. The summed E-state index contributed by atoms with van der Waals surface area (Å²) in [6.07, 6.45) is 2.40. The first-order chi connectivity index (χ1) is 6.35. The second-order valence-electron chi connectivity index (χ2n) is 2.56. The molecule has 2 rings (SSSR count). The largest absolute Gasteiger partial charge is 0.359 e. The molecule has 2 heterocycles. The lowest BCUT2D eigenvalue weighted by molar-refractivity contribution is 0.112. The quantitative estimate of drug-likeness (QED) is 0.656. The molecule has 0 unspecified atom stereocenters. The Morgan fingerprint density at radius 3 is 3.15 bits per heavy atom. The van der Waals surface area contributed by atoms with Gasteiger partial charge in [0.1, 0.15) is 11.8 Å². The average Bonchev–Trinajstić information content (AvgIpc) is 2.63. The van der Waals surface area contributed by atoms with Gasteiger partial charge >= 0.3 is 0 Å². The van der Waals surface area contributed by atoms with Crippen LogP contribution in [0.25, 0.3) is 11.0 Å². The first kappa shape index (κ1) is 7.50. The number of carbonyl (C=O) groups excluding carboxylic acids is 1. The van der Waals surface area contributed by atoms with E-state index in [0.717, 1.165) is 0 Å². The van der Waals surface area contributed by atoms with E-state index in [1.165, 1.54) is 6.07 Å². The topological polar surface area (TPSA) is 69.5 Å². The fourth-order valence-electron chi connectivity index (χ4n) is 1.22. The number of rotatable bonds is 1. The molecular formula is C9H5N3O. The number of aromatic amines is 1. The molecule has 2 aromatic heterocycles. The predicted octanol–water partition coefficient (Wildman–Crippen LogP) is 1.25. The highest BCUT2D eigenvalue weighted by molar-refractivity contribution is 5.94. The summed E-state index contributed by atoms with van der Waals surface area (Å²) in [4.78, 5) is 17.5. The van der Waals surface area contributed by atoms with Crippen LogP contribution in [-0.4, -0.2) is 16.3 Å². The van der Waals surface area contributed by atoms with Crippen molar-refractivity contribution in [2.75, 3.05) is 0 Å². The number of pyridine rings is 1. The van der Waals surface area contributed by atoms with Gasteiger partial charge < -0.3 is 4.98 Å². The highest BCUT2D eigenvalue weighted by Gasteiger charge is 2.04. The van der Waals surface area contributed by atoms with E-state index in [1.54, 1.807) is 12.3 Å². The van der Waals surface area contributed by atoms with Crippen molar-refractivity contribution in [3.8, 4) is 6.07 Å². The zero-order chi connectivity index (χ0) is 9.26. The summed E-state index contributed by atoms with van der Waals surface area (Å²) in [5.41, 5.74) is 2.04. The van der Waals surface area contributed by atoms with Crippen LogP contribution >= 0.6 is 0 Å². The molecule has 13 heavy (non-hydrogen) atoms. The minimum absolute atomic E-state index is 0.259. The lowest BCUT2D eigenvalue weighted by atomic mass is 10.2. The van der Waals surface area contributed by atoms with E-state index in [4.69, 9.17) is 5.26 Å². The van der Waals surface area contributed by atoms with Crippen LogP contribution in [0.3, 0.4) is 0 Å². The van der Waals surface area contributed by atoms with Gasteiger partial charge in [0, 0.05) is 11.8 Å². The first-order valence-corrected chi connectivity index (χ1v) is 3.68. The second-order valence-corrected chi connectivity index (χ2v) is 2.56. The molecule has 0 bridgehead atoms. The third-order valence-electron chi connectivity index (χ3n) is 1.79. The molecule has 0 radical (unpaired) electrons. The van der Waals surface area contributed by atoms with Crippen molar-refractivity contribution in [3.05, 3.63) is 29.6 Å². The Bertz CT molecular complexity index is 507. The molecule has 0 aromatic carbocycles. The molecular weight excluding hydrogens is 166 g/mol. The number of nitrogens with zero attached hydrogens (tertiary/aromatic N) is 2. The van der Waals surface area contributed by atoms with Gasteiger partial charge in [0.2, 0.25) is 0 Å². The monoisotopic (exact) mass is 171 g/mol. The van der Waals surface area contributed by atoms with Gasteiger partial charge in [-0.2, -0.15) is 5.26 Å². The van der Waals surface area contributed by atoms with E-state index in [-0.39, 0.29) is 5.69 Å². The van der Waals surface area contributed by atoms with E-state index < -0.39 is 0 Å². The van der Waals surface area contributed by atoms with Gasteiger partial charge in [0.25, 0.3) is 0 Å². The third-order valence-corrected chi connectivity index (χ3v) is 1.79. The number of nitrogens with one attached hydrogen (secondary N) is 1. The van der Waals surface area contributed by atoms with Crippen LogP contribution in [0.5, 0.6) is 0 Å². The van der Waals surface area contributed by atoms with E-state index in [1.807, 2.05) is 6.07 Å². The Labute approximate surface area is 73.8 Å². The lowest BCUT2D eigenvalue weighted by Crippen LogP contribution is -1.89. The van der Waals surface area contributed by atoms with Gasteiger partial charge in [-0.3, -0.25) is 4.79 Å². The molecule has 4 heteroatoms. The van der Waals surface area contributed by atoms with Crippen molar-refractivity contribution in [1.29, 1.82) is 5.26 Å². The Hall–Kier alpha value is -2.15. The normalized spacial score (nSPS) is 9.77. The van der Waals surface area contributed by atoms with Crippen molar-refractivity contribution in [2.24, 2.45) is 0 Å². The standard InChI is InChI=1S/C9H5N3O/c10-4-7-3-6(5-13)9-8(12-7)1-2-11-9/h1-3,5,11H. The number of aldehydes is 1. The number of carbonyl (C=O) groups is 1. The van der Waals surface area contributed by atoms with E-state index in [9.17, 15) is 4.79 Å². The Balaban J connectivity index is 2.86. The lowest BCUT2D eigenvalue weighted by Gasteiger charge is -1.94. The number of nitriles is 1. The van der Waals surface area contributed by atoms with E-state index in [0.29, 0.717) is 22.9 Å². The van der Waals surface area contributed by atoms with Gasteiger partial charge in [0.05, 0.1) is 11.0 Å². The second kappa shape index (κ2) is 2.72. The molecule has 0 saturated heterocycles. The smallest absolute Gasteiger partial charge is 0.152 e. The fraction of sp³-hybridized carbons (Fsp3) is 0. The van der Waals surface area contributed by atoms with Crippen LogP contribution in [0.4, 0.5) is 0 Å². The number of hydrogen-bond acceptors (Lipinski definition) is 3. The molecule has 0 spiro atoms. The molecule has 0 amide bonds. The summed E-state index contributed by atoms with van der Waals surface area (Å²) in [5.74, 6) is 0. The zero-order valence-corrected chi connectivity index (χ0v) is 6.61. The van der Waals surface area contributed by atoms with Crippen LogP contribution in [0.1, 0.15) is 16.1 Å². The summed E-state index contributed by atoms with van der Waals surface area (Å²) in [6, 6.07) is 5.09. The van der Waals surface area contributed by atoms with Crippen LogP contribution in [0, 0.1) is 11.3 Å². The maximum absolute atomic E-state index is 10.6. The Morgan fingerprint density at radius 1 is 1.62 bits per heavy atom. The number of hydrogen-bond donors (Lipinski definition) is 1. The Morgan fingerprint density at radius 2 is 2.46 bits per heavy atom. The molecule has 0 aliphatic carbocycles. The molecule has 0 aliphatic rings. The fourth-order valence-corrected chi connectivity index (χ4v) is 1.22. The summed E-state index contributed by atoms with van der Waals surface area (Å²) < 4.78 is 0. The van der Waals surface area contributed by atoms with Crippen LogP contribution in [0.2, 0.25) is 0 Å². The van der Waals surface area contributed by atoms with Crippen LogP contribution in [0.15, 0.2) is 18.3 Å². The molecule has 0 saturated carbocycles. The number of H-pyrrole nitrogens is 1. The van der Waals surface area contributed by atoms with E-state index >= 15 is 0 Å². The molecule has 62 valence electrons. The number of fused-ring (bicyclic) bond motifs is 1. The van der Waals surface area contributed by atoms with Crippen molar-refractivity contribution in [2.45, 2.75) is 0 Å². The van der Waals surface area contributed by atoms with Crippen molar-refractivity contribution >= 4 is 17.3 Å². The SMILES string of the molecule is N#Cc1cc(C=O)c2[nH]ccc2n1. The van der Waals surface area contributed by atoms with Gasteiger partial charge in [-0.15, -0.1) is 0 Å². The van der Waals surface area contributed by atoms with Gasteiger partial charge in [-0.05, 0) is 12.1 Å². The first-order valence-electron chi connectivity index (χ1n) is 3.68. The molecule has 0 atom stereocenters. The van der Waals surface area contributed by atoms with Crippen molar-refractivity contribution in [1.82, 2.24) is 9.97 Å². The third kappa shape index (κ3) is 1.07. The van der Waals surface area contributed by atoms with Crippen molar-refractivity contribution < 1.29 is 4.79 Å². The van der Waals surface area contributed by atoms with Crippen LogP contribution in [-0.2, 0) is 0 Å². The van der Waals surface area contributed by atoms with Gasteiger partial charge in [-0.1, -0.05) is 0 Å². The van der Waals surface area contributed by atoms with E-state index in [2.05, 4.69) is 9.97 Å². The molecule has 2 aromatic rings. The van der Waals surface area contributed by atoms with Gasteiger partial charge in [-0.25, -0.2) is 4.98 Å². The Kier molecular flexibility index (Phi) is 1.57. The maximum atomic E-state index is 10.6. The van der Waals surface area contributed by atoms with Crippen LogP contribution < -0.4 is 0 Å². The highest BCUT2D eigenvalue weighted by Crippen LogP contribution is 2.14. The molecule has 4 nitrogen and oxygen atoms in total. The maximum Gasteiger partial charge on any atom is 0.152 e. The summed E-state index contributed by atoms with van der Waals surface area (Å²) in [5, 5.41) is 8.62. The molecule has 0 aliphatic heterocycles. The highest BCUT2D eigenvalue weighted by atomic mass is 16.1. The van der Waals surface area contributed by atoms with Crippen molar-refractivity contribution in [3.63, 3.8) is 0 Å². The summed E-state index contributed by atoms with van der Waals surface area (Å²) >= 11 is 0. The minimum Gasteiger partial charge on any atom is -0.359 e. The number of aromatic nitrogens is 2. The van der Waals surface area contributed by atoms with Gasteiger partial charge in [0.15, 0.2) is 6.29 Å². The summed E-state index contributed by atoms with van der Waals surface area (Å²) in [7, 11) is 0. The zero-order valence-electron chi connectivity index (χ0n) is 6.61. The predicted molar refractivity (Wildman–Crippen MR) is 46.2 cm³/mol. The molecule has 1 N–H and O–H groups in total. The summed E-state index contributed by atoms with van der Waals surface area (Å²) in [6.45, 7) is 0. The average molecular weight is 171 g/mol.